The van der Waals surface area contributed by atoms with Crippen LogP contribution in [0.4, 0.5) is 5.69 Å². The zero-order chi connectivity index (χ0) is 22.0. The Morgan fingerprint density at radius 3 is 2.23 bits per heavy atom. The summed E-state index contributed by atoms with van der Waals surface area (Å²) in [6.07, 6.45) is 1.50. The fourth-order valence-corrected chi connectivity index (χ4v) is 3.75. The Morgan fingerprint density at radius 2 is 1.67 bits per heavy atom. The molecule has 2 aromatic carbocycles. The van der Waals surface area contributed by atoms with Crippen molar-refractivity contribution in [2.24, 2.45) is 0 Å². The van der Waals surface area contributed by atoms with Crippen molar-refractivity contribution in [1.29, 1.82) is 0 Å². The quantitative estimate of drug-likeness (QED) is 0.383. The number of ether oxygens (including phenoxy) is 2. The third kappa shape index (κ3) is 4.24. The largest absolute Gasteiger partial charge is 0.493 e. The zero-order valence-electron chi connectivity index (χ0n) is 17.0. The average molecular weight is 489 g/mol. The van der Waals surface area contributed by atoms with Gasteiger partial charge in [0, 0.05) is 4.47 Å². The van der Waals surface area contributed by atoms with Crippen LogP contribution in [-0.4, -0.2) is 31.1 Å². The highest BCUT2D eigenvalue weighted by Crippen LogP contribution is 2.35. The summed E-state index contributed by atoms with van der Waals surface area (Å²) in [6.45, 7) is 4.18. The predicted octanol–water partition coefficient (Wildman–Crippen LogP) is 4.42. The van der Waals surface area contributed by atoms with Crippen LogP contribution in [0.3, 0.4) is 0 Å². The van der Waals surface area contributed by atoms with Gasteiger partial charge in [-0.25, -0.2) is 0 Å². The van der Waals surface area contributed by atoms with Gasteiger partial charge >= 0.3 is 0 Å². The molecule has 3 rings (SSSR count). The van der Waals surface area contributed by atoms with Crippen molar-refractivity contribution in [1.82, 2.24) is 5.32 Å². The van der Waals surface area contributed by atoms with E-state index in [0.29, 0.717) is 33.1 Å². The summed E-state index contributed by atoms with van der Waals surface area (Å²) in [6, 6.07) is 10.9. The predicted molar refractivity (Wildman–Crippen MR) is 124 cm³/mol. The van der Waals surface area contributed by atoms with Crippen molar-refractivity contribution in [2.45, 2.75) is 19.8 Å². The topological polar surface area (TPSA) is 67.9 Å². The van der Waals surface area contributed by atoms with Gasteiger partial charge in [0.25, 0.3) is 11.8 Å². The van der Waals surface area contributed by atoms with Crippen LogP contribution in [0.25, 0.3) is 6.08 Å². The van der Waals surface area contributed by atoms with Crippen LogP contribution in [0.5, 0.6) is 11.5 Å². The minimum atomic E-state index is -0.554. The molecule has 6 nitrogen and oxygen atoms in total. The molecule has 0 radical (unpaired) electrons. The SMILES string of the molecule is COc1cc(Br)c(/C=C2\C(=O)NC(=S)N(c3ccc(C(C)C)cc3)C2=O)cc1OC. The van der Waals surface area contributed by atoms with Crippen LogP contribution in [0.15, 0.2) is 46.4 Å². The number of hydrogen-bond donors (Lipinski definition) is 1. The molecular formula is C22H21BrN2O4S. The molecule has 30 heavy (non-hydrogen) atoms. The lowest BCUT2D eigenvalue weighted by atomic mass is 10.0. The number of nitrogens with one attached hydrogen (secondary N) is 1. The first kappa shape index (κ1) is 22.0. The van der Waals surface area contributed by atoms with E-state index in [1.807, 2.05) is 24.3 Å². The molecule has 0 unspecified atom stereocenters. The second-order valence-corrected chi connectivity index (χ2v) is 8.17. The monoisotopic (exact) mass is 488 g/mol. The normalized spacial score (nSPS) is 15.6. The molecule has 1 aliphatic rings. The zero-order valence-corrected chi connectivity index (χ0v) is 19.4. The molecule has 0 spiro atoms. The van der Waals surface area contributed by atoms with Crippen molar-refractivity contribution in [3.8, 4) is 11.5 Å². The number of thiocarbonyl (C=S) groups is 1. The molecule has 1 fully saturated rings. The van der Waals surface area contributed by atoms with Gasteiger partial charge in [0.2, 0.25) is 0 Å². The van der Waals surface area contributed by atoms with Crippen molar-refractivity contribution in [3.63, 3.8) is 0 Å². The highest BCUT2D eigenvalue weighted by molar-refractivity contribution is 9.10. The molecule has 1 N–H and O–H groups in total. The number of carbonyl (C=O) groups excluding carboxylic acids is 2. The van der Waals surface area contributed by atoms with Gasteiger partial charge in [0.05, 0.1) is 19.9 Å². The molecule has 0 atom stereocenters. The average Bonchev–Trinajstić information content (AvgIpc) is 2.71. The van der Waals surface area contributed by atoms with Crippen molar-refractivity contribution >= 4 is 56.8 Å². The highest BCUT2D eigenvalue weighted by Gasteiger charge is 2.34. The molecule has 156 valence electrons. The van der Waals surface area contributed by atoms with Crippen molar-refractivity contribution in [2.75, 3.05) is 19.1 Å². The highest BCUT2D eigenvalue weighted by atomic mass is 79.9. The second-order valence-electron chi connectivity index (χ2n) is 6.93. The van der Waals surface area contributed by atoms with E-state index in [1.165, 1.54) is 25.2 Å². The maximum absolute atomic E-state index is 13.2. The van der Waals surface area contributed by atoms with E-state index in [4.69, 9.17) is 21.7 Å². The Labute approximate surface area is 189 Å². The maximum Gasteiger partial charge on any atom is 0.270 e. The van der Waals surface area contributed by atoms with Crippen LogP contribution in [0.1, 0.15) is 30.9 Å². The molecule has 1 aliphatic heterocycles. The first-order valence-electron chi connectivity index (χ1n) is 9.19. The van der Waals surface area contributed by atoms with Crippen LogP contribution in [-0.2, 0) is 9.59 Å². The van der Waals surface area contributed by atoms with E-state index in [-0.39, 0.29) is 10.7 Å². The smallest absolute Gasteiger partial charge is 0.270 e. The number of benzene rings is 2. The first-order chi connectivity index (χ1) is 14.3. The number of methoxy groups -OCH3 is 2. The summed E-state index contributed by atoms with van der Waals surface area (Å²) in [5.41, 5.74) is 2.29. The molecule has 0 aliphatic carbocycles. The summed E-state index contributed by atoms with van der Waals surface area (Å²) in [7, 11) is 3.05. The summed E-state index contributed by atoms with van der Waals surface area (Å²) < 4.78 is 11.2. The van der Waals surface area contributed by atoms with Gasteiger partial charge in [-0.2, -0.15) is 0 Å². The lowest BCUT2D eigenvalue weighted by Gasteiger charge is -2.29. The summed E-state index contributed by atoms with van der Waals surface area (Å²) in [5.74, 6) is 0.317. The molecule has 2 aromatic rings. The van der Waals surface area contributed by atoms with Gasteiger partial charge in [-0.1, -0.05) is 41.9 Å². The van der Waals surface area contributed by atoms with Gasteiger partial charge in [0.15, 0.2) is 16.6 Å². The number of amides is 2. The standard InChI is InChI=1S/C22H21BrN2O4S/c1-12(2)13-5-7-15(8-6-13)25-21(27)16(20(26)24-22(25)30)9-14-10-18(28-3)19(29-4)11-17(14)23/h5-12H,1-4H3,(H,24,26,30)/b16-9+. The fourth-order valence-electron chi connectivity index (χ4n) is 3.04. The number of rotatable bonds is 5. The molecule has 1 saturated heterocycles. The minimum absolute atomic E-state index is 0.0375. The van der Waals surface area contributed by atoms with Gasteiger partial charge in [-0.3, -0.25) is 19.8 Å². The number of nitrogens with zero attached hydrogens (tertiary/aromatic N) is 1. The van der Waals surface area contributed by atoms with Gasteiger partial charge in [0.1, 0.15) is 5.57 Å². The molecule has 8 heteroatoms. The maximum atomic E-state index is 13.2. The first-order valence-corrected chi connectivity index (χ1v) is 10.4. The van der Waals surface area contributed by atoms with Crippen LogP contribution < -0.4 is 19.7 Å². The Kier molecular flexibility index (Phi) is 6.58. The molecule has 0 bridgehead atoms. The number of hydrogen-bond acceptors (Lipinski definition) is 5. The summed E-state index contributed by atoms with van der Waals surface area (Å²) in [4.78, 5) is 27.1. The van der Waals surface area contributed by atoms with Crippen LogP contribution in [0, 0.1) is 0 Å². The Hall–Kier alpha value is -2.71. The van der Waals surface area contributed by atoms with E-state index in [1.54, 1.807) is 12.1 Å². The Morgan fingerprint density at radius 1 is 1.07 bits per heavy atom. The molecule has 2 amide bonds. The molecule has 0 saturated carbocycles. The number of carbonyl (C=O) groups is 2. The third-order valence-corrected chi connectivity index (χ3v) is 5.69. The summed E-state index contributed by atoms with van der Waals surface area (Å²) >= 11 is 8.71. The lowest BCUT2D eigenvalue weighted by Crippen LogP contribution is -2.54. The fraction of sp³-hybridized carbons (Fsp3) is 0.227. The third-order valence-electron chi connectivity index (χ3n) is 4.72. The Bertz CT molecular complexity index is 1050. The Balaban J connectivity index is 2.02. The molecule has 0 aromatic heterocycles. The number of halogens is 1. The lowest BCUT2D eigenvalue weighted by molar-refractivity contribution is -0.122. The second kappa shape index (κ2) is 8.97. The van der Waals surface area contributed by atoms with Gasteiger partial charge in [-0.15, -0.1) is 0 Å². The van der Waals surface area contributed by atoms with Crippen molar-refractivity contribution in [3.05, 3.63) is 57.6 Å². The minimum Gasteiger partial charge on any atom is -0.493 e. The molecule has 1 heterocycles. The van der Waals surface area contributed by atoms with E-state index in [9.17, 15) is 9.59 Å². The number of anilines is 1. The van der Waals surface area contributed by atoms with E-state index >= 15 is 0 Å². The van der Waals surface area contributed by atoms with Crippen LogP contribution >= 0.6 is 28.1 Å². The van der Waals surface area contributed by atoms with E-state index < -0.39 is 11.8 Å². The van der Waals surface area contributed by atoms with Crippen molar-refractivity contribution < 1.29 is 19.1 Å². The van der Waals surface area contributed by atoms with Crippen LogP contribution in [0.2, 0.25) is 0 Å². The molecular weight excluding hydrogens is 468 g/mol. The van der Waals surface area contributed by atoms with Gasteiger partial charge < -0.3 is 9.47 Å². The van der Waals surface area contributed by atoms with E-state index in [0.717, 1.165) is 5.56 Å². The summed E-state index contributed by atoms with van der Waals surface area (Å²) in [5, 5.41) is 2.64. The van der Waals surface area contributed by atoms with Gasteiger partial charge in [-0.05, 0) is 59.6 Å². The van der Waals surface area contributed by atoms with E-state index in [2.05, 4.69) is 35.1 Å².